The highest BCUT2D eigenvalue weighted by Crippen LogP contribution is 2.22. The number of hydrogen-bond donors (Lipinski definition) is 1. The third kappa shape index (κ3) is 4.51. The van der Waals surface area contributed by atoms with E-state index in [9.17, 15) is 4.79 Å². The molecule has 1 atom stereocenters. The molecule has 0 bridgehead atoms. The Balaban J connectivity index is 0.00000324. The van der Waals surface area contributed by atoms with Crippen LogP contribution >= 0.6 is 0 Å². The Kier molecular flexibility index (Phi) is 7.72. The summed E-state index contributed by atoms with van der Waals surface area (Å²) >= 11 is 0. The van der Waals surface area contributed by atoms with Crippen LogP contribution in [0.15, 0.2) is 18.2 Å². The van der Waals surface area contributed by atoms with Crippen LogP contribution in [-0.4, -0.2) is 25.1 Å². The zero-order valence-electron chi connectivity index (χ0n) is 12.4. The van der Waals surface area contributed by atoms with E-state index in [1.807, 2.05) is 39.0 Å². The third-order valence-corrected chi connectivity index (χ3v) is 3.49. The maximum absolute atomic E-state index is 12.1. The average Bonchev–Trinajstić information content (AvgIpc) is 2.35. The molecule has 0 saturated carbocycles. The Morgan fingerprint density at radius 1 is 1.21 bits per heavy atom. The van der Waals surface area contributed by atoms with Crippen molar-refractivity contribution in [1.82, 2.24) is 0 Å². The number of rotatable bonds is 5. The van der Waals surface area contributed by atoms with Crippen LogP contribution in [0.1, 0.15) is 31.9 Å². The molecule has 0 saturated heterocycles. The van der Waals surface area contributed by atoms with Crippen molar-refractivity contribution in [1.29, 1.82) is 0 Å². The van der Waals surface area contributed by atoms with Crippen LogP contribution in [0.25, 0.3) is 0 Å². The summed E-state index contributed by atoms with van der Waals surface area (Å²) in [5.74, 6) is 0.562. The van der Waals surface area contributed by atoms with Gasteiger partial charge in [0, 0.05) is 0 Å². The molecule has 0 spiro atoms. The number of benzene rings is 1. The van der Waals surface area contributed by atoms with Crippen molar-refractivity contribution in [2.45, 2.75) is 40.7 Å². The lowest BCUT2D eigenvalue weighted by Gasteiger charge is -2.22. The van der Waals surface area contributed by atoms with Gasteiger partial charge in [-0.05, 0) is 45.7 Å². The van der Waals surface area contributed by atoms with E-state index in [4.69, 9.17) is 4.74 Å². The smallest absolute Gasteiger partial charge is 0.370 e. The topological polar surface area (TPSA) is 30.7 Å². The minimum Gasteiger partial charge on any atom is -1.00 e. The molecule has 1 aromatic rings. The number of halogens is 1. The van der Waals surface area contributed by atoms with Gasteiger partial charge in [-0.3, -0.25) is 0 Å². The van der Waals surface area contributed by atoms with Gasteiger partial charge in [-0.2, -0.15) is 0 Å². The first-order valence-electron chi connectivity index (χ1n) is 6.63. The first-order chi connectivity index (χ1) is 8.51. The van der Waals surface area contributed by atoms with Gasteiger partial charge in [0.1, 0.15) is 5.75 Å². The molecule has 0 aromatic heterocycles. The molecular formula is C15H24ClNO2. The Labute approximate surface area is 122 Å². The third-order valence-electron chi connectivity index (χ3n) is 3.49. The molecule has 0 radical (unpaired) electrons. The van der Waals surface area contributed by atoms with Crippen LogP contribution in [-0.2, 0) is 4.79 Å². The van der Waals surface area contributed by atoms with Gasteiger partial charge >= 0.3 is 5.97 Å². The Bertz CT molecular complexity index is 396. The molecule has 108 valence electrons. The van der Waals surface area contributed by atoms with E-state index in [2.05, 4.69) is 13.8 Å². The minimum absolute atomic E-state index is 0. The van der Waals surface area contributed by atoms with Gasteiger partial charge < -0.3 is 22.0 Å². The van der Waals surface area contributed by atoms with Gasteiger partial charge in [0.25, 0.3) is 0 Å². The number of para-hydroxylation sites is 1. The molecule has 1 rings (SSSR count). The number of esters is 1. The summed E-state index contributed by atoms with van der Waals surface area (Å²) in [5.41, 5.74) is 2.01. The van der Waals surface area contributed by atoms with Crippen LogP contribution in [0.3, 0.4) is 0 Å². The quantitative estimate of drug-likeness (QED) is 0.529. The number of hydrogen-bond acceptors (Lipinski definition) is 2. The molecule has 0 aliphatic rings. The van der Waals surface area contributed by atoms with Crippen molar-refractivity contribution < 1.29 is 26.8 Å². The number of aryl methyl sites for hydroxylation is 2. The second-order valence-corrected chi connectivity index (χ2v) is 4.73. The maximum Gasteiger partial charge on any atom is 0.370 e. The van der Waals surface area contributed by atoms with Gasteiger partial charge in [-0.25, -0.2) is 4.79 Å². The van der Waals surface area contributed by atoms with Gasteiger partial charge in [0.05, 0.1) is 13.1 Å². The lowest BCUT2D eigenvalue weighted by molar-refractivity contribution is -0.911. The molecule has 0 fully saturated rings. The molecule has 0 heterocycles. The van der Waals surface area contributed by atoms with Crippen molar-refractivity contribution >= 4 is 5.97 Å². The summed E-state index contributed by atoms with van der Waals surface area (Å²) < 4.78 is 5.56. The predicted octanol–water partition coefficient (Wildman–Crippen LogP) is -1.47. The van der Waals surface area contributed by atoms with Crippen molar-refractivity contribution in [2.24, 2.45) is 0 Å². The number of nitrogens with one attached hydrogen (secondary N) is 1. The van der Waals surface area contributed by atoms with Crippen molar-refractivity contribution in [3.63, 3.8) is 0 Å². The zero-order valence-corrected chi connectivity index (χ0v) is 13.2. The molecule has 3 nitrogen and oxygen atoms in total. The van der Waals surface area contributed by atoms with Gasteiger partial charge in [0.2, 0.25) is 0 Å². The minimum atomic E-state index is -0.147. The van der Waals surface area contributed by atoms with Crippen molar-refractivity contribution in [3.05, 3.63) is 29.3 Å². The highest BCUT2D eigenvalue weighted by Gasteiger charge is 2.25. The molecule has 0 amide bonds. The van der Waals surface area contributed by atoms with E-state index in [0.29, 0.717) is 5.75 Å². The molecule has 1 N–H and O–H groups in total. The van der Waals surface area contributed by atoms with Crippen LogP contribution in [0.4, 0.5) is 0 Å². The first-order valence-corrected chi connectivity index (χ1v) is 6.63. The van der Waals surface area contributed by atoms with E-state index in [0.717, 1.165) is 24.2 Å². The highest BCUT2D eigenvalue weighted by atomic mass is 35.5. The molecule has 1 aromatic carbocycles. The summed E-state index contributed by atoms with van der Waals surface area (Å²) in [6, 6.07) is 5.77. The van der Waals surface area contributed by atoms with Gasteiger partial charge in [0.15, 0.2) is 6.04 Å². The molecule has 19 heavy (non-hydrogen) atoms. The number of likely N-dealkylation sites (N-methyl/N-ethyl adjacent to an activating group) is 1. The second kappa shape index (κ2) is 8.18. The lowest BCUT2D eigenvalue weighted by atomic mass is 10.1. The summed E-state index contributed by atoms with van der Waals surface area (Å²) in [7, 11) is 0. The zero-order chi connectivity index (χ0) is 13.7. The molecule has 1 unspecified atom stereocenters. The van der Waals surface area contributed by atoms with E-state index in [1.54, 1.807) is 0 Å². The normalized spacial score (nSPS) is 11.9. The van der Waals surface area contributed by atoms with Gasteiger partial charge in [-0.15, -0.1) is 0 Å². The number of carbonyl (C=O) groups is 1. The van der Waals surface area contributed by atoms with E-state index in [1.165, 1.54) is 4.90 Å². The maximum atomic E-state index is 12.1. The first kappa shape index (κ1) is 17.9. The average molecular weight is 286 g/mol. The molecule has 4 heteroatoms. The number of quaternary nitrogens is 1. The standard InChI is InChI=1S/C15H23NO2.ClH/c1-6-16(7-2)13(5)15(17)18-14-11(3)9-8-10-12(14)4;/h8-10,13H,6-7H2,1-5H3;1H. The second-order valence-electron chi connectivity index (χ2n) is 4.73. The molecule has 0 aliphatic carbocycles. The number of ether oxygens (including phenoxy) is 1. The fourth-order valence-corrected chi connectivity index (χ4v) is 2.18. The summed E-state index contributed by atoms with van der Waals surface area (Å²) in [5, 5.41) is 0. The monoisotopic (exact) mass is 285 g/mol. The molecular weight excluding hydrogens is 262 g/mol. The molecule has 0 aliphatic heterocycles. The van der Waals surface area contributed by atoms with E-state index >= 15 is 0 Å². The van der Waals surface area contributed by atoms with E-state index < -0.39 is 0 Å². The fourth-order valence-electron chi connectivity index (χ4n) is 2.18. The summed E-state index contributed by atoms with van der Waals surface area (Å²) in [6.07, 6.45) is 0. The highest BCUT2D eigenvalue weighted by molar-refractivity contribution is 5.77. The lowest BCUT2D eigenvalue weighted by Crippen LogP contribution is -3.16. The van der Waals surface area contributed by atoms with E-state index in [-0.39, 0.29) is 24.4 Å². The van der Waals surface area contributed by atoms with Crippen LogP contribution in [0, 0.1) is 13.8 Å². The largest absolute Gasteiger partial charge is 1.00 e. The van der Waals surface area contributed by atoms with Crippen molar-refractivity contribution in [2.75, 3.05) is 13.1 Å². The fraction of sp³-hybridized carbons (Fsp3) is 0.533. The van der Waals surface area contributed by atoms with Crippen molar-refractivity contribution in [3.8, 4) is 5.75 Å². The predicted molar refractivity (Wildman–Crippen MR) is 73.1 cm³/mol. The summed E-state index contributed by atoms with van der Waals surface area (Å²) in [4.78, 5) is 13.4. The van der Waals surface area contributed by atoms with Crippen LogP contribution in [0.5, 0.6) is 5.75 Å². The number of carbonyl (C=O) groups excluding carboxylic acids is 1. The summed E-state index contributed by atoms with van der Waals surface area (Å²) in [6.45, 7) is 11.9. The Hall–Kier alpha value is -1.06. The Morgan fingerprint density at radius 2 is 1.68 bits per heavy atom. The SMILES string of the molecule is CC[NH+](CC)C(C)C(=O)Oc1c(C)cccc1C.[Cl-]. The van der Waals surface area contributed by atoms with Gasteiger partial charge in [-0.1, -0.05) is 18.2 Å². The Morgan fingerprint density at radius 3 is 2.11 bits per heavy atom. The van der Waals surface area contributed by atoms with Crippen LogP contribution in [0.2, 0.25) is 0 Å². The van der Waals surface area contributed by atoms with Crippen LogP contribution < -0.4 is 22.0 Å².